The molecular weight excluding hydrogens is 136 g/mol. The van der Waals surface area contributed by atoms with Crippen molar-refractivity contribution in [1.82, 2.24) is 9.80 Å². The molecule has 0 N–H and O–H groups in total. The van der Waals surface area contributed by atoms with Crippen LogP contribution >= 0.6 is 0 Å². The second-order valence-corrected chi connectivity index (χ2v) is 3.99. The van der Waals surface area contributed by atoms with E-state index < -0.39 is 0 Å². The van der Waals surface area contributed by atoms with Crippen molar-refractivity contribution in [1.29, 1.82) is 0 Å². The molecule has 0 aromatic rings. The van der Waals surface area contributed by atoms with Crippen molar-refractivity contribution >= 4 is 0 Å². The normalized spacial score (nSPS) is 32.2. The summed E-state index contributed by atoms with van der Waals surface area (Å²) in [7, 11) is 8.75. The summed E-state index contributed by atoms with van der Waals surface area (Å²) in [5, 5.41) is 0. The quantitative estimate of drug-likeness (QED) is 0.589. The van der Waals surface area contributed by atoms with E-state index in [1.54, 1.807) is 0 Å². The summed E-state index contributed by atoms with van der Waals surface area (Å²) in [6, 6.07) is 1.56. The zero-order valence-electron chi connectivity index (χ0n) is 8.17. The van der Waals surface area contributed by atoms with Gasteiger partial charge in [0.05, 0.1) is 0 Å². The smallest absolute Gasteiger partial charge is 0.0245 e. The van der Waals surface area contributed by atoms with E-state index in [-0.39, 0.29) is 0 Å². The Bertz CT molecular complexity index is 107. The minimum absolute atomic E-state index is 0.782. The summed E-state index contributed by atoms with van der Waals surface area (Å²) in [5.41, 5.74) is 0. The van der Waals surface area contributed by atoms with E-state index in [1.807, 2.05) is 0 Å². The lowest BCUT2D eigenvalue weighted by Gasteiger charge is -2.30. The zero-order chi connectivity index (χ0) is 8.43. The van der Waals surface area contributed by atoms with Crippen LogP contribution in [0.1, 0.15) is 19.3 Å². The number of likely N-dealkylation sites (N-methyl/N-ethyl adjacent to an activating group) is 2. The molecule has 0 spiro atoms. The molecule has 0 aliphatic heterocycles. The van der Waals surface area contributed by atoms with Crippen LogP contribution in [0.5, 0.6) is 0 Å². The van der Waals surface area contributed by atoms with Gasteiger partial charge in [-0.1, -0.05) is 6.42 Å². The Morgan fingerprint density at radius 2 is 1.18 bits per heavy atom. The van der Waals surface area contributed by atoms with Gasteiger partial charge in [0.2, 0.25) is 0 Å². The van der Waals surface area contributed by atoms with E-state index in [0.717, 1.165) is 12.1 Å². The molecule has 2 atom stereocenters. The van der Waals surface area contributed by atoms with Crippen LogP contribution in [0.25, 0.3) is 0 Å². The van der Waals surface area contributed by atoms with Gasteiger partial charge in [-0.05, 0) is 41.0 Å². The van der Waals surface area contributed by atoms with Gasteiger partial charge in [0.1, 0.15) is 0 Å². The molecule has 2 heteroatoms. The maximum Gasteiger partial charge on any atom is 0.0245 e. The highest BCUT2D eigenvalue weighted by atomic mass is 15.2. The van der Waals surface area contributed by atoms with E-state index in [1.165, 1.54) is 19.3 Å². The molecule has 0 bridgehead atoms. The molecule has 0 aromatic heterocycles. The van der Waals surface area contributed by atoms with Crippen molar-refractivity contribution in [2.75, 3.05) is 28.2 Å². The first-order chi connectivity index (χ1) is 5.13. The molecule has 1 fully saturated rings. The lowest BCUT2D eigenvalue weighted by molar-refractivity contribution is 0.176. The van der Waals surface area contributed by atoms with Crippen molar-refractivity contribution in [2.45, 2.75) is 31.3 Å². The summed E-state index contributed by atoms with van der Waals surface area (Å²) in [6.45, 7) is 0. The minimum Gasteiger partial charge on any atom is -0.305 e. The fourth-order valence-corrected chi connectivity index (χ4v) is 2.13. The maximum absolute atomic E-state index is 2.36. The highest BCUT2D eigenvalue weighted by molar-refractivity contribution is 4.87. The Morgan fingerprint density at radius 3 is 1.45 bits per heavy atom. The monoisotopic (exact) mass is 156 g/mol. The fourth-order valence-electron chi connectivity index (χ4n) is 2.13. The molecule has 0 radical (unpaired) electrons. The predicted molar refractivity (Wildman–Crippen MR) is 48.8 cm³/mol. The molecular formula is C9H20N2. The zero-order valence-corrected chi connectivity index (χ0v) is 8.17. The van der Waals surface area contributed by atoms with Gasteiger partial charge in [-0.2, -0.15) is 0 Å². The molecule has 0 unspecified atom stereocenters. The molecule has 66 valence electrons. The summed E-state index contributed by atoms with van der Waals surface area (Å²) in [5.74, 6) is 0. The standard InChI is InChI=1S/C9H20N2/c1-10(2)8-6-5-7-9(8)11(3)4/h8-9H,5-7H2,1-4H3/t8-,9+. The van der Waals surface area contributed by atoms with Gasteiger partial charge >= 0.3 is 0 Å². The average Bonchev–Trinajstić information content (AvgIpc) is 2.32. The number of hydrogen-bond donors (Lipinski definition) is 0. The van der Waals surface area contributed by atoms with Crippen molar-refractivity contribution < 1.29 is 0 Å². The van der Waals surface area contributed by atoms with Crippen molar-refractivity contribution in [3.8, 4) is 0 Å². The lowest BCUT2D eigenvalue weighted by atomic mass is 10.1. The molecule has 11 heavy (non-hydrogen) atoms. The Labute approximate surface area is 70.2 Å². The van der Waals surface area contributed by atoms with Crippen LogP contribution in [-0.2, 0) is 0 Å². The third kappa shape index (κ3) is 1.94. The average molecular weight is 156 g/mol. The Kier molecular flexibility index (Phi) is 2.90. The highest BCUT2D eigenvalue weighted by Gasteiger charge is 2.29. The van der Waals surface area contributed by atoms with Crippen molar-refractivity contribution in [3.63, 3.8) is 0 Å². The van der Waals surface area contributed by atoms with Crippen LogP contribution in [0.3, 0.4) is 0 Å². The molecule has 1 aliphatic carbocycles. The van der Waals surface area contributed by atoms with Crippen LogP contribution in [0.2, 0.25) is 0 Å². The van der Waals surface area contributed by atoms with Crippen LogP contribution in [0.15, 0.2) is 0 Å². The summed E-state index contributed by atoms with van der Waals surface area (Å²) in [6.07, 6.45) is 4.14. The Morgan fingerprint density at radius 1 is 0.818 bits per heavy atom. The molecule has 1 aliphatic rings. The van der Waals surface area contributed by atoms with E-state index in [4.69, 9.17) is 0 Å². The van der Waals surface area contributed by atoms with Gasteiger partial charge in [0, 0.05) is 12.1 Å². The van der Waals surface area contributed by atoms with Crippen molar-refractivity contribution in [3.05, 3.63) is 0 Å². The predicted octanol–water partition coefficient (Wildman–Crippen LogP) is 1.03. The Balaban J connectivity index is 2.51. The summed E-state index contributed by atoms with van der Waals surface area (Å²) < 4.78 is 0. The van der Waals surface area contributed by atoms with Gasteiger partial charge in [-0.25, -0.2) is 0 Å². The van der Waals surface area contributed by atoms with Crippen LogP contribution in [-0.4, -0.2) is 50.1 Å². The SMILES string of the molecule is CN(C)[C@@H]1CCC[C@@H]1N(C)C. The largest absolute Gasteiger partial charge is 0.305 e. The van der Waals surface area contributed by atoms with Crippen LogP contribution < -0.4 is 0 Å². The van der Waals surface area contributed by atoms with Gasteiger partial charge in [-0.3, -0.25) is 0 Å². The van der Waals surface area contributed by atoms with E-state index >= 15 is 0 Å². The first-order valence-corrected chi connectivity index (χ1v) is 4.46. The third-order valence-corrected chi connectivity index (χ3v) is 2.77. The first kappa shape index (κ1) is 9.01. The molecule has 1 rings (SSSR count). The number of nitrogens with zero attached hydrogens (tertiary/aromatic N) is 2. The molecule has 0 heterocycles. The second kappa shape index (κ2) is 3.55. The van der Waals surface area contributed by atoms with Crippen LogP contribution in [0, 0.1) is 0 Å². The lowest BCUT2D eigenvalue weighted by Crippen LogP contribution is -2.42. The molecule has 0 amide bonds. The first-order valence-electron chi connectivity index (χ1n) is 4.46. The third-order valence-electron chi connectivity index (χ3n) is 2.77. The minimum atomic E-state index is 0.782. The number of hydrogen-bond acceptors (Lipinski definition) is 2. The van der Waals surface area contributed by atoms with Gasteiger partial charge < -0.3 is 9.80 Å². The topological polar surface area (TPSA) is 6.48 Å². The molecule has 0 saturated heterocycles. The maximum atomic E-state index is 2.36. The number of rotatable bonds is 2. The van der Waals surface area contributed by atoms with E-state index in [2.05, 4.69) is 38.0 Å². The summed E-state index contributed by atoms with van der Waals surface area (Å²) >= 11 is 0. The fraction of sp³-hybridized carbons (Fsp3) is 1.00. The van der Waals surface area contributed by atoms with Gasteiger partial charge in [-0.15, -0.1) is 0 Å². The Hall–Kier alpha value is -0.0800. The highest BCUT2D eigenvalue weighted by Crippen LogP contribution is 2.25. The molecule has 1 saturated carbocycles. The van der Waals surface area contributed by atoms with E-state index in [0.29, 0.717) is 0 Å². The van der Waals surface area contributed by atoms with Gasteiger partial charge in [0.15, 0.2) is 0 Å². The van der Waals surface area contributed by atoms with Crippen LogP contribution in [0.4, 0.5) is 0 Å². The van der Waals surface area contributed by atoms with E-state index in [9.17, 15) is 0 Å². The molecule has 2 nitrogen and oxygen atoms in total. The van der Waals surface area contributed by atoms with Gasteiger partial charge in [0.25, 0.3) is 0 Å². The molecule has 0 aromatic carbocycles. The second-order valence-electron chi connectivity index (χ2n) is 3.99. The van der Waals surface area contributed by atoms with Crippen molar-refractivity contribution in [2.24, 2.45) is 0 Å². The summed E-state index contributed by atoms with van der Waals surface area (Å²) in [4.78, 5) is 4.72.